The molecule has 1 heterocycles. The maximum atomic E-state index is 12.1. The fourth-order valence-electron chi connectivity index (χ4n) is 3.30. The minimum atomic E-state index is 0.128. The Kier molecular flexibility index (Phi) is 7.11. The molecule has 1 saturated heterocycles. The standard InChI is InChI=1S/C22H28N2O3/c1-26-20-4-2-3-5-21(20)27-19-9-6-18(7-10-19)16-24-22(25)11-8-17-12-14-23-15-13-17/h2-7,9-10,17,23H,8,11-16H2,1H3,(H,24,25). The molecular formula is C22H28N2O3. The summed E-state index contributed by atoms with van der Waals surface area (Å²) in [6.45, 7) is 2.70. The van der Waals surface area contributed by atoms with E-state index in [0.29, 0.717) is 30.4 Å². The van der Waals surface area contributed by atoms with Crippen molar-refractivity contribution in [1.29, 1.82) is 0 Å². The topological polar surface area (TPSA) is 59.6 Å². The Labute approximate surface area is 161 Å². The second-order valence-corrected chi connectivity index (χ2v) is 6.91. The van der Waals surface area contributed by atoms with Gasteiger partial charge < -0.3 is 20.1 Å². The number of carbonyl (C=O) groups is 1. The van der Waals surface area contributed by atoms with Crippen molar-refractivity contribution in [2.24, 2.45) is 5.92 Å². The van der Waals surface area contributed by atoms with E-state index in [4.69, 9.17) is 9.47 Å². The molecule has 1 aliphatic heterocycles. The van der Waals surface area contributed by atoms with E-state index in [0.717, 1.165) is 30.8 Å². The summed E-state index contributed by atoms with van der Waals surface area (Å²) in [6.07, 6.45) is 3.96. The minimum Gasteiger partial charge on any atom is -0.493 e. The zero-order valence-electron chi connectivity index (χ0n) is 15.9. The molecule has 0 atom stereocenters. The molecule has 2 aromatic rings. The molecule has 0 spiro atoms. The van der Waals surface area contributed by atoms with Gasteiger partial charge in [-0.05, 0) is 68.1 Å². The van der Waals surface area contributed by atoms with Crippen LogP contribution < -0.4 is 20.1 Å². The molecule has 5 nitrogen and oxygen atoms in total. The molecule has 1 aliphatic rings. The summed E-state index contributed by atoms with van der Waals surface area (Å²) in [5.74, 6) is 2.92. The van der Waals surface area contributed by atoms with Crippen LogP contribution in [0, 0.1) is 5.92 Å². The van der Waals surface area contributed by atoms with E-state index in [1.54, 1.807) is 7.11 Å². The third-order valence-electron chi connectivity index (χ3n) is 4.95. The number of para-hydroxylation sites is 2. The number of nitrogens with one attached hydrogen (secondary N) is 2. The van der Waals surface area contributed by atoms with Gasteiger partial charge in [-0.25, -0.2) is 0 Å². The van der Waals surface area contributed by atoms with Crippen molar-refractivity contribution in [1.82, 2.24) is 10.6 Å². The first-order valence-electron chi connectivity index (χ1n) is 9.62. The van der Waals surface area contributed by atoms with Gasteiger partial charge in [-0.1, -0.05) is 24.3 Å². The number of hydrogen-bond donors (Lipinski definition) is 2. The third kappa shape index (κ3) is 6.00. The van der Waals surface area contributed by atoms with Crippen LogP contribution in [0.5, 0.6) is 17.2 Å². The molecule has 0 aromatic heterocycles. The van der Waals surface area contributed by atoms with Gasteiger partial charge in [0.25, 0.3) is 0 Å². The molecule has 5 heteroatoms. The zero-order chi connectivity index (χ0) is 18.9. The highest BCUT2D eigenvalue weighted by Gasteiger charge is 2.14. The number of hydrogen-bond acceptors (Lipinski definition) is 4. The second kappa shape index (κ2) is 9.97. The Morgan fingerprint density at radius 3 is 2.48 bits per heavy atom. The molecule has 0 unspecified atom stereocenters. The molecule has 1 amide bonds. The molecule has 1 fully saturated rings. The van der Waals surface area contributed by atoms with E-state index in [9.17, 15) is 4.79 Å². The summed E-state index contributed by atoms with van der Waals surface area (Å²) in [6, 6.07) is 15.3. The van der Waals surface area contributed by atoms with E-state index in [2.05, 4.69) is 10.6 Å². The summed E-state index contributed by atoms with van der Waals surface area (Å²) in [5.41, 5.74) is 1.05. The lowest BCUT2D eigenvalue weighted by Gasteiger charge is -2.22. The second-order valence-electron chi connectivity index (χ2n) is 6.91. The molecule has 0 radical (unpaired) electrons. The first kappa shape index (κ1) is 19.2. The highest BCUT2D eigenvalue weighted by molar-refractivity contribution is 5.75. The van der Waals surface area contributed by atoms with E-state index in [1.807, 2.05) is 48.5 Å². The average molecular weight is 368 g/mol. The summed E-state index contributed by atoms with van der Waals surface area (Å²) in [4.78, 5) is 12.1. The van der Waals surface area contributed by atoms with E-state index >= 15 is 0 Å². The Hall–Kier alpha value is -2.53. The van der Waals surface area contributed by atoms with Gasteiger partial charge in [0.2, 0.25) is 5.91 Å². The van der Waals surface area contributed by atoms with Crippen LogP contribution >= 0.6 is 0 Å². The Morgan fingerprint density at radius 1 is 1.07 bits per heavy atom. The number of benzene rings is 2. The lowest BCUT2D eigenvalue weighted by molar-refractivity contribution is -0.121. The van der Waals surface area contributed by atoms with Crippen LogP contribution in [-0.4, -0.2) is 26.1 Å². The fraction of sp³-hybridized carbons (Fsp3) is 0.409. The number of ether oxygens (including phenoxy) is 2. The number of amides is 1. The predicted octanol–water partition coefficient (Wildman–Crippen LogP) is 3.88. The molecule has 144 valence electrons. The van der Waals surface area contributed by atoms with Crippen molar-refractivity contribution in [2.75, 3.05) is 20.2 Å². The summed E-state index contributed by atoms with van der Waals surface area (Å²) < 4.78 is 11.2. The van der Waals surface area contributed by atoms with Gasteiger partial charge in [-0.2, -0.15) is 0 Å². The molecule has 27 heavy (non-hydrogen) atoms. The van der Waals surface area contributed by atoms with Gasteiger partial charge in [0.15, 0.2) is 11.5 Å². The lowest BCUT2D eigenvalue weighted by atomic mass is 9.93. The SMILES string of the molecule is COc1ccccc1Oc1ccc(CNC(=O)CCC2CCNCC2)cc1. The normalized spacial score (nSPS) is 14.6. The van der Waals surface area contributed by atoms with Gasteiger partial charge >= 0.3 is 0 Å². The van der Waals surface area contributed by atoms with Gasteiger partial charge in [-0.15, -0.1) is 0 Å². The number of rotatable bonds is 8. The van der Waals surface area contributed by atoms with Crippen LogP contribution in [-0.2, 0) is 11.3 Å². The van der Waals surface area contributed by atoms with Gasteiger partial charge in [0, 0.05) is 13.0 Å². The van der Waals surface area contributed by atoms with E-state index < -0.39 is 0 Å². The van der Waals surface area contributed by atoms with Crippen molar-refractivity contribution < 1.29 is 14.3 Å². The molecule has 0 aliphatic carbocycles. The molecular weight excluding hydrogens is 340 g/mol. The van der Waals surface area contributed by atoms with Gasteiger partial charge in [-0.3, -0.25) is 4.79 Å². The predicted molar refractivity (Wildman–Crippen MR) is 106 cm³/mol. The summed E-state index contributed by atoms with van der Waals surface area (Å²) >= 11 is 0. The molecule has 3 rings (SSSR count). The molecule has 2 N–H and O–H groups in total. The van der Waals surface area contributed by atoms with Crippen LogP contribution in [0.15, 0.2) is 48.5 Å². The maximum Gasteiger partial charge on any atom is 0.220 e. The molecule has 2 aromatic carbocycles. The summed E-state index contributed by atoms with van der Waals surface area (Å²) in [5, 5.41) is 6.37. The zero-order valence-corrected chi connectivity index (χ0v) is 15.9. The largest absolute Gasteiger partial charge is 0.493 e. The van der Waals surface area contributed by atoms with Crippen molar-refractivity contribution in [3.05, 3.63) is 54.1 Å². The van der Waals surface area contributed by atoms with Crippen molar-refractivity contribution >= 4 is 5.91 Å². The number of carbonyl (C=O) groups excluding carboxylic acids is 1. The van der Waals surface area contributed by atoms with Crippen molar-refractivity contribution in [3.8, 4) is 17.2 Å². The quantitative estimate of drug-likeness (QED) is 0.742. The maximum absolute atomic E-state index is 12.1. The molecule has 0 bridgehead atoms. The third-order valence-corrected chi connectivity index (χ3v) is 4.95. The number of methoxy groups -OCH3 is 1. The first-order valence-corrected chi connectivity index (χ1v) is 9.62. The highest BCUT2D eigenvalue weighted by atomic mass is 16.5. The molecule has 0 saturated carbocycles. The van der Waals surface area contributed by atoms with Crippen LogP contribution in [0.25, 0.3) is 0 Å². The van der Waals surface area contributed by atoms with Crippen molar-refractivity contribution in [2.45, 2.75) is 32.2 Å². The van der Waals surface area contributed by atoms with Crippen molar-refractivity contribution in [3.63, 3.8) is 0 Å². The Bertz CT molecular complexity index is 725. The average Bonchev–Trinajstić information content (AvgIpc) is 2.73. The monoisotopic (exact) mass is 368 g/mol. The van der Waals surface area contributed by atoms with E-state index in [-0.39, 0.29) is 5.91 Å². The van der Waals surface area contributed by atoms with Gasteiger partial charge in [0.1, 0.15) is 5.75 Å². The summed E-state index contributed by atoms with van der Waals surface area (Å²) in [7, 11) is 1.62. The van der Waals surface area contributed by atoms with E-state index in [1.165, 1.54) is 12.8 Å². The first-order chi connectivity index (χ1) is 13.2. The van der Waals surface area contributed by atoms with Crippen LogP contribution in [0.4, 0.5) is 0 Å². The fourth-order valence-corrected chi connectivity index (χ4v) is 3.30. The van der Waals surface area contributed by atoms with Crippen LogP contribution in [0.3, 0.4) is 0 Å². The Balaban J connectivity index is 1.44. The number of piperidine rings is 1. The van der Waals surface area contributed by atoms with Gasteiger partial charge in [0.05, 0.1) is 7.11 Å². The minimum absolute atomic E-state index is 0.128. The van der Waals surface area contributed by atoms with Crippen LogP contribution in [0.2, 0.25) is 0 Å². The lowest BCUT2D eigenvalue weighted by Crippen LogP contribution is -2.29. The van der Waals surface area contributed by atoms with Crippen LogP contribution in [0.1, 0.15) is 31.2 Å². The Morgan fingerprint density at radius 2 is 1.78 bits per heavy atom. The highest BCUT2D eigenvalue weighted by Crippen LogP contribution is 2.30. The smallest absolute Gasteiger partial charge is 0.220 e.